The van der Waals surface area contributed by atoms with E-state index in [-0.39, 0.29) is 0 Å². The molecule has 1 aromatic carbocycles. The molecule has 2 atom stereocenters. The minimum Gasteiger partial charge on any atom is -0.317 e. The van der Waals surface area contributed by atoms with Gasteiger partial charge in [-0.25, -0.2) is 0 Å². The molecule has 1 aliphatic carbocycles. The Morgan fingerprint density at radius 2 is 1.94 bits per heavy atom. The van der Waals surface area contributed by atoms with E-state index in [2.05, 4.69) is 41.8 Å². The minimum atomic E-state index is 0.735. The summed E-state index contributed by atoms with van der Waals surface area (Å²) in [6, 6.07) is 10.3. The van der Waals surface area contributed by atoms with Crippen LogP contribution in [0.15, 0.2) is 24.3 Å². The molecule has 0 radical (unpaired) electrons. The highest BCUT2D eigenvalue weighted by Crippen LogP contribution is 2.42. The fourth-order valence-electron chi connectivity index (χ4n) is 3.02. The number of piperidine rings is 1. The zero-order valence-electron chi connectivity index (χ0n) is 10.6. The van der Waals surface area contributed by atoms with Gasteiger partial charge < -0.3 is 10.6 Å². The van der Waals surface area contributed by atoms with Gasteiger partial charge in [-0.05, 0) is 50.4 Å². The molecule has 1 aliphatic heterocycles. The Labute approximate surface area is 104 Å². The summed E-state index contributed by atoms with van der Waals surface area (Å²) in [6.45, 7) is 4.59. The minimum absolute atomic E-state index is 0.735. The second-order valence-electron chi connectivity index (χ2n) is 5.50. The predicted molar refractivity (Wildman–Crippen MR) is 71.4 cm³/mol. The Balaban J connectivity index is 1.57. The van der Waals surface area contributed by atoms with Gasteiger partial charge in [-0.3, -0.25) is 0 Å². The van der Waals surface area contributed by atoms with Crippen LogP contribution in [0.2, 0.25) is 0 Å². The van der Waals surface area contributed by atoms with Crippen molar-refractivity contribution >= 4 is 0 Å². The summed E-state index contributed by atoms with van der Waals surface area (Å²) in [7, 11) is 0. The molecule has 0 spiro atoms. The molecule has 0 amide bonds. The predicted octanol–water partition coefficient (Wildman–Crippen LogP) is 2.19. The van der Waals surface area contributed by atoms with Crippen molar-refractivity contribution in [2.75, 3.05) is 13.1 Å². The van der Waals surface area contributed by atoms with Crippen LogP contribution in [-0.2, 0) is 0 Å². The SMILES string of the molecule is Cc1ccccc1[C@H]1C[C@@H]1NC1CCNCC1. The lowest BCUT2D eigenvalue weighted by molar-refractivity contribution is 0.383. The molecular formula is C15H22N2. The van der Waals surface area contributed by atoms with Gasteiger partial charge in [0.1, 0.15) is 0 Å². The smallest absolute Gasteiger partial charge is 0.0145 e. The molecule has 2 N–H and O–H groups in total. The third-order valence-corrected chi connectivity index (χ3v) is 4.17. The van der Waals surface area contributed by atoms with E-state index in [0.717, 1.165) is 18.0 Å². The van der Waals surface area contributed by atoms with E-state index in [4.69, 9.17) is 0 Å². The van der Waals surface area contributed by atoms with E-state index in [1.54, 1.807) is 5.56 Å². The van der Waals surface area contributed by atoms with Gasteiger partial charge in [-0.1, -0.05) is 24.3 Å². The largest absolute Gasteiger partial charge is 0.317 e. The summed E-state index contributed by atoms with van der Waals surface area (Å²) in [5.41, 5.74) is 3.01. The van der Waals surface area contributed by atoms with E-state index >= 15 is 0 Å². The molecule has 1 aromatic rings. The standard InChI is InChI=1S/C15H22N2/c1-11-4-2-3-5-13(11)14-10-15(14)17-12-6-8-16-9-7-12/h2-5,12,14-17H,6-10H2,1H3/t14-,15+/m1/s1. The lowest BCUT2D eigenvalue weighted by Gasteiger charge is -2.24. The number of hydrogen-bond donors (Lipinski definition) is 2. The molecule has 2 nitrogen and oxygen atoms in total. The van der Waals surface area contributed by atoms with Crippen LogP contribution in [0.1, 0.15) is 36.3 Å². The van der Waals surface area contributed by atoms with E-state index in [1.165, 1.54) is 37.9 Å². The summed E-state index contributed by atoms with van der Waals surface area (Å²) in [5, 5.41) is 7.25. The Hall–Kier alpha value is -0.860. The van der Waals surface area contributed by atoms with Crippen LogP contribution in [-0.4, -0.2) is 25.2 Å². The molecule has 1 saturated heterocycles. The van der Waals surface area contributed by atoms with Crippen molar-refractivity contribution in [2.24, 2.45) is 0 Å². The highest BCUT2D eigenvalue weighted by Gasteiger charge is 2.39. The average Bonchev–Trinajstić information content (AvgIpc) is 3.10. The maximum absolute atomic E-state index is 3.83. The Kier molecular flexibility index (Phi) is 3.17. The maximum Gasteiger partial charge on any atom is 0.0145 e. The van der Waals surface area contributed by atoms with E-state index in [9.17, 15) is 0 Å². The van der Waals surface area contributed by atoms with Crippen LogP contribution >= 0.6 is 0 Å². The van der Waals surface area contributed by atoms with Gasteiger partial charge in [0.2, 0.25) is 0 Å². The molecule has 17 heavy (non-hydrogen) atoms. The van der Waals surface area contributed by atoms with Crippen LogP contribution in [0, 0.1) is 6.92 Å². The van der Waals surface area contributed by atoms with Crippen molar-refractivity contribution in [3.8, 4) is 0 Å². The first kappa shape index (κ1) is 11.2. The van der Waals surface area contributed by atoms with E-state index in [0.29, 0.717) is 0 Å². The normalized spacial score (nSPS) is 29.2. The molecule has 1 heterocycles. The van der Waals surface area contributed by atoms with Gasteiger partial charge in [0, 0.05) is 18.0 Å². The molecule has 0 bridgehead atoms. The highest BCUT2D eigenvalue weighted by molar-refractivity contribution is 5.35. The van der Waals surface area contributed by atoms with Crippen molar-refractivity contribution in [1.29, 1.82) is 0 Å². The number of benzene rings is 1. The van der Waals surface area contributed by atoms with Crippen molar-refractivity contribution in [3.05, 3.63) is 35.4 Å². The fraction of sp³-hybridized carbons (Fsp3) is 0.600. The molecule has 1 saturated carbocycles. The maximum atomic E-state index is 3.83. The molecule has 2 heteroatoms. The Morgan fingerprint density at radius 1 is 1.18 bits per heavy atom. The van der Waals surface area contributed by atoms with Gasteiger partial charge in [-0.15, -0.1) is 0 Å². The molecule has 92 valence electrons. The third-order valence-electron chi connectivity index (χ3n) is 4.17. The monoisotopic (exact) mass is 230 g/mol. The third kappa shape index (κ3) is 2.53. The summed E-state index contributed by atoms with van der Waals surface area (Å²) in [4.78, 5) is 0. The van der Waals surface area contributed by atoms with Gasteiger partial charge >= 0.3 is 0 Å². The lowest BCUT2D eigenvalue weighted by Crippen LogP contribution is -2.41. The molecule has 2 aliphatic rings. The van der Waals surface area contributed by atoms with Crippen LogP contribution in [0.5, 0.6) is 0 Å². The van der Waals surface area contributed by atoms with Crippen LogP contribution < -0.4 is 10.6 Å². The number of hydrogen-bond acceptors (Lipinski definition) is 2. The molecule has 0 aromatic heterocycles. The van der Waals surface area contributed by atoms with Crippen LogP contribution in [0.3, 0.4) is 0 Å². The number of aryl methyl sites for hydroxylation is 1. The zero-order chi connectivity index (χ0) is 11.7. The van der Waals surface area contributed by atoms with E-state index < -0.39 is 0 Å². The summed E-state index contributed by atoms with van der Waals surface area (Å²) in [6.07, 6.45) is 3.91. The molecule has 0 unspecified atom stereocenters. The van der Waals surface area contributed by atoms with Crippen molar-refractivity contribution in [3.63, 3.8) is 0 Å². The summed E-state index contributed by atoms with van der Waals surface area (Å²) >= 11 is 0. The first-order valence-electron chi connectivity index (χ1n) is 6.87. The van der Waals surface area contributed by atoms with Crippen LogP contribution in [0.4, 0.5) is 0 Å². The first-order chi connectivity index (χ1) is 8.34. The second kappa shape index (κ2) is 4.79. The Bertz CT molecular complexity index is 382. The molecule has 2 fully saturated rings. The van der Waals surface area contributed by atoms with E-state index in [1.807, 2.05) is 0 Å². The summed E-state index contributed by atoms with van der Waals surface area (Å²) < 4.78 is 0. The molecular weight excluding hydrogens is 208 g/mol. The highest BCUT2D eigenvalue weighted by atomic mass is 15.0. The number of nitrogens with one attached hydrogen (secondary N) is 2. The molecule has 3 rings (SSSR count). The Morgan fingerprint density at radius 3 is 2.71 bits per heavy atom. The zero-order valence-corrected chi connectivity index (χ0v) is 10.6. The van der Waals surface area contributed by atoms with Gasteiger partial charge in [0.15, 0.2) is 0 Å². The quantitative estimate of drug-likeness (QED) is 0.832. The summed E-state index contributed by atoms with van der Waals surface area (Å²) in [5.74, 6) is 0.770. The van der Waals surface area contributed by atoms with Crippen molar-refractivity contribution in [2.45, 2.75) is 44.2 Å². The topological polar surface area (TPSA) is 24.1 Å². The van der Waals surface area contributed by atoms with Gasteiger partial charge in [-0.2, -0.15) is 0 Å². The van der Waals surface area contributed by atoms with Crippen molar-refractivity contribution in [1.82, 2.24) is 10.6 Å². The van der Waals surface area contributed by atoms with Gasteiger partial charge in [0.05, 0.1) is 0 Å². The van der Waals surface area contributed by atoms with Gasteiger partial charge in [0.25, 0.3) is 0 Å². The second-order valence-corrected chi connectivity index (χ2v) is 5.50. The van der Waals surface area contributed by atoms with Crippen LogP contribution in [0.25, 0.3) is 0 Å². The fourth-order valence-corrected chi connectivity index (χ4v) is 3.02. The number of rotatable bonds is 3. The average molecular weight is 230 g/mol. The van der Waals surface area contributed by atoms with Crippen molar-refractivity contribution < 1.29 is 0 Å². The first-order valence-corrected chi connectivity index (χ1v) is 6.87. The lowest BCUT2D eigenvalue weighted by atomic mass is 10.0.